The second kappa shape index (κ2) is 7.50. The Morgan fingerprint density at radius 1 is 1.00 bits per heavy atom. The van der Waals surface area contributed by atoms with Gasteiger partial charge in [0.2, 0.25) is 10.0 Å². The molecule has 2 saturated heterocycles. The second-order valence-corrected chi connectivity index (χ2v) is 9.52. The fourth-order valence-corrected chi connectivity index (χ4v) is 5.66. The van der Waals surface area contributed by atoms with Gasteiger partial charge in [0.15, 0.2) is 0 Å². The Hall–Kier alpha value is -1.48. The van der Waals surface area contributed by atoms with E-state index >= 15 is 0 Å². The van der Waals surface area contributed by atoms with Crippen LogP contribution in [0.15, 0.2) is 29.2 Å². The molecule has 148 valence electrons. The summed E-state index contributed by atoms with van der Waals surface area (Å²) in [6.07, 6.45) is 4.12. The van der Waals surface area contributed by atoms with Gasteiger partial charge in [-0.3, -0.25) is 4.79 Å². The Labute approximate surface area is 160 Å². The minimum absolute atomic E-state index is 0.138. The van der Waals surface area contributed by atoms with E-state index in [1.165, 1.54) is 16.4 Å². The van der Waals surface area contributed by atoms with Crippen LogP contribution in [0.5, 0.6) is 0 Å². The van der Waals surface area contributed by atoms with Crippen molar-refractivity contribution in [1.29, 1.82) is 0 Å². The number of nitrogens with zero attached hydrogens (tertiary/aromatic N) is 1. The first-order chi connectivity index (χ1) is 13.0. The molecule has 0 aromatic heterocycles. The summed E-state index contributed by atoms with van der Waals surface area (Å²) in [6.45, 7) is 3.07. The number of ether oxygens (including phenoxy) is 2. The summed E-state index contributed by atoms with van der Waals surface area (Å²) in [7, 11) is -3.54. The SMILES string of the molecule is O=C(NC1CCC12CCOCC2)c1ccc(S(=O)(=O)N2CCOCC2)cc1. The normalized spacial score (nSPS) is 25.7. The van der Waals surface area contributed by atoms with Crippen molar-refractivity contribution >= 4 is 15.9 Å². The molecule has 1 atom stereocenters. The maximum atomic E-state index is 12.7. The van der Waals surface area contributed by atoms with Crippen LogP contribution >= 0.6 is 0 Å². The Morgan fingerprint density at radius 3 is 2.22 bits per heavy atom. The quantitative estimate of drug-likeness (QED) is 0.834. The Balaban J connectivity index is 1.42. The molecule has 8 heteroatoms. The van der Waals surface area contributed by atoms with E-state index in [9.17, 15) is 13.2 Å². The Morgan fingerprint density at radius 2 is 1.63 bits per heavy atom. The smallest absolute Gasteiger partial charge is 0.251 e. The fraction of sp³-hybridized carbons (Fsp3) is 0.632. The molecule has 0 bridgehead atoms. The number of morpholine rings is 1. The summed E-state index contributed by atoms with van der Waals surface area (Å²) < 4.78 is 37.4. The Kier molecular flexibility index (Phi) is 5.24. The molecular weight excluding hydrogens is 368 g/mol. The highest BCUT2D eigenvalue weighted by atomic mass is 32.2. The lowest BCUT2D eigenvalue weighted by Gasteiger charge is -2.52. The van der Waals surface area contributed by atoms with E-state index in [-0.39, 0.29) is 22.3 Å². The van der Waals surface area contributed by atoms with Crippen molar-refractivity contribution in [3.8, 4) is 0 Å². The van der Waals surface area contributed by atoms with Gasteiger partial charge in [0.1, 0.15) is 0 Å². The standard InChI is InChI=1S/C19H26N2O5S/c22-18(20-17-5-6-19(17)7-11-25-12-8-19)15-1-3-16(4-2-15)27(23,24)21-9-13-26-14-10-21/h1-4,17H,5-14H2,(H,20,22). The summed E-state index contributed by atoms with van der Waals surface area (Å²) in [5.74, 6) is -0.138. The highest BCUT2D eigenvalue weighted by Gasteiger charge is 2.48. The zero-order valence-electron chi connectivity index (χ0n) is 15.4. The van der Waals surface area contributed by atoms with Crippen LogP contribution in [0.2, 0.25) is 0 Å². The molecule has 1 aromatic carbocycles. The molecule has 1 aromatic rings. The summed E-state index contributed by atoms with van der Waals surface area (Å²) in [5, 5.41) is 3.14. The van der Waals surface area contributed by atoms with Crippen molar-refractivity contribution in [2.24, 2.45) is 5.41 Å². The van der Waals surface area contributed by atoms with Gasteiger partial charge in [-0.05, 0) is 55.4 Å². The van der Waals surface area contributed by atoms with Crippen molar-refractivity contribution < 1.29 is 22.7 Å². The minimum Gasteiger partial charge on any atom is -0.381 e. The molecule has 4 rings (SSSR count). The molecule has 1 amide bonds. The zero-order chi connectivity index (χ0) is 18.9. The molecule has 1 saturated carbocycles. The average Bonchev–Trinajstić information content (AvgIpc) is 2.72. The van der Waals surface area contributed by atoms with Gasteiger partial charge in [-0.25, -0.2) is 8.42 Å². The first-order valence-corrected chi connectivity index (χ1v) is 11.0. The largest absolute Gasteiger partial charge is 0.381 e. The second-order valence-electron chi connectivity index (χ2n) is 7.58. The first kappa shape index (κ1) is 18.9. The fourth-order valence-electron chi connectivity index (χ4n) is 4.25. The lowest BCUT2D eigenvalue weighted by molar-refractivity contribution is -0.0523. The van der Waals surface area contributed by atoms with Crippen molar-refractivity contribution in [1.82, 2.24) is 9.62 Å². The van der Waals surface area contributed by atoms with Crippen LogP contribution in [0, 0.1) is 5.41 Å². The molecule has 1 aliphatic carbocycles. The van der Waals surface area contributed by atoms with Crippen molar-refractivity contribution in [3.05, 3.63) is 29.8 Å². The number of rotatable bonds is 4. The molecule has 2 aliphatic heterocycles. The number of sulfonamides is 1. The summed E-state index contributed by atoms with van der Waals surface area (Å²) in [5.41, 5.74) is 0.679. The van der Waals surface area contributed by atoms with Gasteiger partial charge in [-0.15, -0.1) is 0 Å². The van der Waals surface area contributed by atoms with Crippen LogP contribution in [0.3, 0.4) is 0 Å². The molecule has 1 spiro atoms. The predicted molar refractivity (Wildman–Crippen MR) is 99.0 cm³/mol. The van der Waals surface area contributed by atoms with Gasteiger partial charge >= 0.3 is 0 Å². The number of nitrogens with one attached hydrogen (secondary N) is 1. The molecule has 7 nitrogen and oxygen atoms in total. The molecule has 1 N–H and O–H groups in total. The summed E-state index contributed by atoms with van der Waals surface area (Å²) in [6, 6.07) is 6.41. The number of benzene rings is 1. The number of hydrogen-bond donors (Lipinski definition) is 1. The molecule has 3 aliphatic rings. The molecule has 0 radical (unpaired) electrons. The minimum atomic E-state index is -3.54. The third kappa shape index (κ3) is 3.63. The highest BCUT2D eigenvalue weighted by Crippen LogP contribution is 2.48. The number of carbonyl (C=O) groups excluding carboxylic acids is 1. The topological polar surface area (TPSA) is 84.9 Å². The van der Waals surface area contributed by atoms with Crippen molar-refractivity contribution in [2.75, 3.05) is 39.5 Å². The number of hydrogen-bond acceptors (Lipinski definition) is 5. The molecule has 1 unspecified atom stereocenters. The van der Waals surface area contributed by atoms with E-state index in [1.54, 1.807) is 12.1 Å². The van der Waals surface area contributed by atoms with Gasteiger partial charge in [0, 0.05) is 37.9 Å². The van der Waals surface area contributed by atoms with Crippen LogP contribution in [0.25, 0.3) is 0 Å². The molecule has 3 fully saturated rings. The molecule has 2 heterocycles. The lowest BCUT2D eigenvalue weighted by Crippen LogP contribution is -2.57. The van der Waals surface area contributed by atoms with Crippen LogP contribution in [-0.2, 0) is 19.5 Å². The van der Waals surface area contributed by atoms with E-state index in [1.807, 2.05) is 0 Å². The third-order valence-electron chi connectivity index (χ3n) is 6.19. The molecule has 27 heavy (non-hydrogen) atoms. The predicted octanol–water partition coefficient (Wildman–Crippen LogP) is 1.40. The average molecular weight is 394 g/mol. The van der Waals surface area contributed by atoms with Gasteiger partial charge in [0.25, 0.3) is 5.91 Å². The van der Waals surface area contributed by atoms with Crippen LogP contribution < -0.4 is 5.32 Å². The number of carbonyl (C=O) groups is 1. The van der Waals surface area contributed by atoms with Gasteiger partial charge in [-0.2, -0.15) is 4.31 Å². The van der Waals surface area contributed by atoms with Crippen LogP contribution in [-0.4, -0.2) is 64.2 Å². The van der Waals surface area contributed by atoms with E-state index < -0.39 is 10.0 Å². The molecular formula is C19H26N2O5S. The maximum absolute atomic E-state index is 12.7. The van der Waals surface area contributed by atoms with Gasteiger partial charge in [0.05, 0.1) is 18.1 Å². The highest BCUT2D eigenvalue weighted by molar-refractivity contribution is 7.89. The van der Waals surface area contributed by atoms with Crippen LogP contribution in [0.4, 0.5) is 0 Å². The maximum Gasteiger partial charge on any atom is 0.251 e. The Bertz CT molecular complexity index is 781. The van der Waals surface area contributed by atoms with Crippen molar-refractivity contribution in [3.63, 3.8) is 0 Å². The number of amides is 1. The zero-order valence-corrected chi connectivity index (χ0v) is 16.2. The van der Waals surface area contributed by atoms with E-state index in [2.05, 4.69) is 5.32 Å². The summed E-state index contributed by atoms with van der Waals surface area (Å²) >= 11 is 0. The monoisotopic (exact) mass is 394 g/mol. The van der Waals surface area contributed by atoms with Gasteiger partial charge < -0.3 is 14.8 Å². The third-order valence-corrected chi connectivity index (χ3v) is 8.10. The van der Waals surface area contributed by atoms with E-state index in [0.29, 0.717) is 31.9 Å². The lowest BCUT2D eigenvalue weighted by atomic mass is 9.60. The van der Waals surface area contributed by atoms with Crippen molar-refractivity contribution in [2.45, 2.75) is 36.6 Å². The van der Waals surface area contributed by atoms with E-state index in [4.69, 9.17) is 9.47 Å². The van der Waals surface area contributed by atoms with E-state index in [0.717, 1.165) is 38.9 Å². The van der Waals surface area contributed by atoms with Crippen LogP contribution in [0.1, 0.15) is 36.0 Å². The van der Waals surface area contributed by atoms with Gasteiger partial charge in [-0.1, -0.05) is 0 Å². The first-order valence-electron chi connectivity index (χ1n) is 9.58. The summed E-state index contributed by atoms with van der Waals surface area (Å²) in [4.78, 5) is 12.8.